The van der Waals surface area contributed by atoms with Crippen LogP contribution in [0.2, 0.25) is 5.02 Å². The molecule has 2 aromatic rings. The van der Waals surface area contributed by atoms with Crippen molar-refractivity contribution in [2.75, 3.05) is 13.1 Å². The highest BCUT2D eigenvalue weighted by Crippen LogP contribution is 2.10. The summed E-state index contributed by atoms with van der Waals surface area (Å²) >= 11 is 5.85. The highest BCUT2D eigenvalue weighted by Gasteiger charge is 2.11. The molecule has 0 saturated heterocycles. The number of amides is 2. The minimum absolute atomic E-state index is 0.214. The maximum Gasteiger partial charge on any atom is 0.252 e. The first-order valence-corrected chi connectivity index (χ1v) is 9.09. The van der Waals surface area contributed by atoms with Crippen molar-refractivity contribution in [1.82, 2.24) is 15.6 Å². The van der Waals surface area contributed by atoms with E-state index < -0.39 is 0 Å². The van der Waals surface area contributed by atoms with Gasteiger partial charge in [0.1, 0.15) is 0 Å². The van der Waals surface area contributed by atoms with Crippen molar-refractivity contribution < 1.29 is 9.59 Å². The van der Waals surface area contributed by atoms with Gasteiger partial charge in [-0.3, -0.25) is 14.6 Å². The molecule has 0 spiro atoms. The highest BCUT2D eigenvalue weighted by atomic mass is 35.5. The third-order valence-corrected chi connectivity index (χ3v) is 4.13. The number of rotatable bonds is 8. The lowest BCUT2D eigenvalue weighted by Crippen LogP contribution is -2.28. The van der Waals surface area contributed by atoms with E-state index in [1.54, 1.807) is 6.07 Å². The lowest BCUT2D eigenvalue weighted by atomic mass is 10.1. The molecule has 0 radical (unpaired) electrons. The summed E-state index contributed by atoms with van der Waals surface area (Å²) in [5.74, 6) is 0.0587. The molecule has 0 atom stereocenters. The zero-order valence-electron chi connectivity index (χ0n) is 15.1. The molecule has 2 rings (SSSR count). The van der Waals surface area contributed by atoms with Crippen LogP contribution in [0, 0.1) is 5.92 Å². The molecule has 2 amide bonds. The van der Waals surface area contributed by atoms with Gasteiger partial charge in [-0.25, -0.2) is 0 Å². The summed E-state index contributed by atoms with van der Waals surface area (Å²) in [6.07, 6.45) is 4.54. The topological polar surface area (TPSA) is 71.1 Å². The SMILES string of the molecule is CC(C)CCNC(=O)c1cncc(C(=O)NCCc2ccc(Cl)cc2)c1. The molecule has 2 N–H and O–H groups in total. The van der Waals surface area contributed by atoms with Crippen LogP contribution < -0.4 is 10.6 Å². The quantitative estimate of drug-likeness (QED) is 0.744. The van der Waals surface area contributed by atoms with E-state index in [1.807, 2.05) is 24.3 Å². The van der Waals surface area contributed by atoms with Crippen LogP contribution in [0.5, 0.6) is 0 Å². The first-order chi connectivity index (χ1) is 12.5. The van der Waals surface area contributed by atoms with Gasteiger partial charge in [0.25, 0.3) is 11.8 Å². The molecule has 0 aliphatic heterocycles. The number of benzene rings is 1. The largest absolute Gasteiger partial charge is 0.352 e. The van der Waals surface area contributed by atoms with E-state index in [4.69, 9.17) is 11.6 Å². The molecule has 26 heavy (non-hydrogen) atoms. The molecular weight excluding hydrogens is 350 g/mol. The fourth-order valence-electron chi connectivity index (χ4n) is 2.34. The predicted molar refractivity (Wildman–Crippen MR) is 104 cm³/mol. The molecule has 0 aliphatic carbocycles. The number of carbonyl (C=O) groups excluding carboxylic acids is 2. The van der Waals surface area contributed by atoms with E-state index in [1.165, 1.54) is 12.4 Å². The molecule has 5 nitrogen and oxygen atoms in total. The maximum atomic E-state index is 12.3. The van der Waals surface area contributed by atoms with Gasteiger partial charge in [0.05, 0.1) is 11.1 Å². The van der Waals surface area contributed by atoms with Crippen LogP contribution in [-0.2, 0) is 6.42 Å². The van der Waals surface area contributed by atoms with Crippen LogP contribution >= 0.6 is 11.6 Å². The molecule has 0 saturated carbocycles. The monoisotopic (exact) mass is 373 g/mol. The molecule has 6 heteroatoms. The van der Waals surface area contributed by atoms with Gasteiger partial charge in [-0.1, -0.05) is 37.6 Å². The van der Waals surface area contributed by atoms with Crippen molar-refractivity contribution in [2.24, 2.45) is 5.92 Å². The third-order valence-electron chi connectivity index (χ3n) is 3.88. The van der Waals surface area contributed by atoms with E-state index in [0.29, 0.717) is 41.6 Å². The molecule has 0 fully saturated rings. The van der Waals surface area contributed by atoms with Crippen LogP contribution in [0.3, 0.4) is 0 Å². The van der Waals surface area contributed by atoms with Crippen molar-refractivity contribution in [3.63, 3.8) is 0 Å². The Kier molecular flexibility index (Phi) is 7.60. The smallest absolute Gasteiger partial charge is 0.252 e. The molecule has 138 valence electrons. The van der Waals surface area contributed by atoms with Crippen molar-refractivity contribution in [2.45, 2.75) is 26.7 Å². The normalized spacial score (nSPS) is 10.6. The summed E-state index contributed by atoms with van der Waals surface area (Å²) in [5.41, 5.74) is 1.85. The third kappa shape index (κ3) is 6.48. The van der Waals surface area contributed by atoms with Gasteiger partial charge >= 0.3 is 0 Å². The molecule has 0 aliphatic rings. The summed E-state index contributed by atoms with van der Waals surface area (Å²) in [7, 11) is 0. The van der Waals surface area contributed by atoms with Crippen LogP contribution in [0.15, 0.2) is 42.7 Å². The van der Waals surface area contributed by atoms with E-state index in [-0.39, 0.29) is 11.8 Å². The average molecular weight is 374 g/mol. The molecule has 0 bridgehead atoms. The summed E-state index contributed by atoms with van der Waals surface area (Å²) in [6, 6.07) is 9.07. The fourth-order valence-corrected chi connectivity index (χ4v) is 2.46. The Balaban J connectivity index is 1.86. The summed E-state index contributed by atoms with van der Waals surface area (Å²) in [6.45, 7) is 5.30. The zero-order valence-corrected chi connectivity index (χ0v) is 15.8. The van der Waals surface area contributed by atoms with Crippen LogP contribution in [0.4, 0.5) is 0 Å². The molecule has 1 heterocycles. The van der Waals surface area contributed by atoms with Gasteiger partial charge in [0, 0.05) is 30.5 Å². The summed E-state index contributed by atoms with van der Waals surface area (Å²) < 4.78 is 0. The van der Waals surface area contributed by atoms with Crippen molar-refractivity contribution in [3.8, 4) is 0 Å². The standard InChI is InChI=1S/C20H24ClN3O2/c1-14(2)7-9-23-19(25)16-11-17(13-22-12-16)20(26)24-10-8-15-3-5-18(21)6-4-15/h3-6,11-14H,7-10H2,1-2H3,(H,23,25)(H,24,26). The van der Waals surface area contributed by atoms with Crippen LogP contribution in [0.25, 0.3) is 0 Å². The number of nitrogens with zero attached hydrogens (tertiary/aromatic N) is 1. The molecule has 1 aromatic heterocycles. The van der Waals surface area contributed by atoms with Crippen molar-refractivity contribution in [3.05, 3.63) is 64.4 Å². The van der Waals surface area contributed by atoms with Gasteiger partial charge in [0.2, 0.25) is 0 Å². The number of pyridine rings is 1. The highest BCUT2D eigenvalue weighted by molar-refractivity contribution is 6.30. The van der Waals surface area contributed by atoms with Gasteiger partial charge in [-0.2, -0.15) is 0 Å². The molecule has 0 unspecified atom stereocenters. The molecule has 1 aromatic carbocycles. The number of halogens is 1. The Labute approximate surface area is 159 Å². The second-order valence-electron chi connectivity index (χ2n) is 6.53. The Morgan fingerprint density at radius 3 is 2.15 bits per heavy atom. The van der Waals surface area contributed by atoms with Gasteiger partial charge in [-0.05, 0) is 42.5 Å². The van der Waals surface area contributed by atoms with Gasteiger partial charge < -0.3 is 10.6 Å². The zero-order chi connectivity index (χ0) is 18.9. The Hall–Kier alpha value is -2.40. The number of aromatic nitrogens is 1. The van der Waals surface area contributed by atoms with Crippen LogP contribution in [0.1, 0.15) is 46.5 Å². The number of nitrogens with one attached hydrogen (secondary N) is 2. The number of carbonyl (C=O) groups is 2. The van der Waals surface area contributed by atoms with E-state index >= 15 is 0 Å². The number of hydrogen-bond acceptors (Lipinski definition) is 3. The van der Waals surface area contributed by atoms with Gasteiger partial charge in [-0.15, -0.1) is 0 Å². The lowest BCUT2D eigenvalue weighted by Gasteiger charge is -2.09. The lowest BCUT2D eigenvalue weighted by molar-refractivity contribution is 0.0951. The van der Waals surface area contributed by atoms with E-state index in [2.05, 4.69) is 29.5 Å². The fraction of sp³-hybridized carbons (Fsp3) is 0.350. The molecular formula is C20H24ClN3O2. The predicted octanol–water partition coefficient (Wildman–Crippen LogP) is 3.48. The first kappa shape index (κ1) is 19.9. The van der Waals surface area contributed by atoms with E-state index in [0.717, 1.165) is 12.0 Å². The number of hydrogen-bond donors (Lipinski definition) is 2. The Morgan fingerprint density at radius 1 is 1.00 bits per heavy atom. The minimum Gasteiger partial charge on any atom is -0.352 e. The van der Waals surface area contributed by atoms with E-state index in [9.17, 15) is 9.59 Å². The minimum atomic E-state index is -0.247. The van der Waals surface area contributed by atoms with Crippen molar-refractivity contribution >= 4 is 23.4 Å². The van der Waals surface area contributed by atoms with Gasteiger partial charge in [0.15, 0.2) is 0 Å². The van der Waals surface area contributed by atoms with Crippen LogP contribution in [-0.4, -0.2) is 29.9 Å². The Morgan fingerprint density at radius 2 is 1.58 bits per heavy atom. The summed E-state index contributed by atoms with van der Waals surface area (Å²) in [4.78, 5) is 28.4. The average Bonchev–Trinajstić information content (AvgIpc) is 2.63. The maximum absolute atomic E-state index is 12.3. The first-order valence-electron chi connectivity index (χ1n) is 8.71. The Bertz CT molecular complexity index is 745. The second-order valence-corrected chi connectivity index (χ2v) is 6.97. The summed E-state index contributed by atoms with van der Waals surface area (Å²) in [5, 5.41) is 6.37. The second kappa shape index (κ2) is 9.92. The van der Waals surface area contributed by atoms with Crippen molar-refractivity contribution in [1.29, 1.82) is 0 Å².